The lowest BCUT2D eigenvalue weighted by Gasteiger charge is -2.22. The van der Waals surface area contributed by atoms with Crippen LogP contribution in [-0.4, -0.2) is 33.4 Å². The second-order valence-electron chi connectivity index (χ2n) is 5.73. The Bertz CT molecular complexity index is 605. The van der Waals surface area contributed by atoms with E-state index in [9.17, 15) is 0 Å². The Hall–Kier alpha value is -1.58. The molecular weight excluding hydrogens is 262 g/mol. The van der Waals surface area contributed by atoms with E-state index in [4.69, 9.17) is 9.47 Å². The summed E-state index contributed by atoms with van der Waals surface area (Å²) in [6.45, 7) is 1.77. The third-order valence-electron chi connectivity index (χ3n) is 4.52. The molecule has 1 aliphatic rings. The molecule has 0 aliphatic carbocycles. The van der Waals surface area contributed by atoms with E-state index in [0.717, 1.165) is 31.8 Å². The smallest absolute Gasteiger partial charge is 0.119 e. The van der Waals surface area contributed by atoms with Gasteiger partial charge < -0.3 is 14.8 Å². The molecule has 21 heavy (non-hydrogen) atoms. The highest BCUT2D eigenvalue weighted by Crippen LogP contribution is 2.27. The van der Waals surface area contributed by atoms with E-state index >= 15 is 0 Å². The Labute approximate surface area is 126 Å². The van der Waals surface area contributed by atoms with Crippen molar-refractivity contribution in [1.82, 2.24) is 5.32 Å². The molecule has 2 aromatic carbocycles. The summed E-state index contributed by atoms with van der Waals surface area (Å²) in [5.74, 6) is 1.52. The first-order valence-electron chi connectivity index (χ1n) is 7.62. The monoisotopic (exact) mass is 285 g/mol. The van der Waals surface area contributed by atoms with Crippen LogP contribution in [0.5, 0.6) is 5.75 Å². The van der Waals surface area contributed by atoms with Crippen LogP contribution >= 0.6 is 0 Å². The van der Waals surface area contributed by atoms with Crippen molar-refractivity contribution in [3.8, 4) is 5.75 Å². The molecule has 1 heterocycles. The van der Waals surface area contributed by atoms with E-state index < -0.39 is 0 Å². The van der Waals surface area contributed by atoms with Crippen molar-refractivity contribution >= 4 is 10.8 Å². The molecule has 0 spiro atoms. The molecule has 2 aromatic rings. The molecule has 0 bridgehead atoms. The van der Waals surface area contributed by atoms with Crippen LogP contribution in [0.2, 0.25) is 0 Å². The van der Waals surface area contributed by atoms with Gasteiger partial charge in [-0.2, -0.15) is 0 Å². The minimum atomic E-state index is 0.462. The van der Waals surface area contributed by atoms with E-state index in [1.807, 2.05) is 6.07 Å². The average Bonchev–Trinajstić information content (AvgIpc) is 3.06. The lowest BCUT2D eigenvalue weighted by Crippen LogP contribution is -2.35. The summed E-state index contributed by atoms with van der Waals surface area (Å²) in [7, 11) is 3.77. The summed E-state index contributed by atoms with van der Waals surface area (Å²) in [5, 5.41) is 6.03. The number of rotatable bonds is 5. The molecule has 0 amide bonds. The van der Waals surface area contributed by atoms with Crippen molar-refractivity contribution in [1.29, 1.82) is 0 Å². The van der Waals surface area contributed by atoms with Crippen molar-refractivity contribution in [2.24, 2.45) is 5.92 Å². The highest BCUT2D eigenvalue weighted by molar-refractivity contribution is 5.87. The van der Waals surface area contributed by atoms with Crippen molar-refractivity contribution in [2.75, 3.05) is 27.4 Å². The van der Waals surface area contributed by atoms with Gasteiger partial charge in [0, 0.05) is 18.6 Å². The zero-order chi connectivity index (χ0) is 14.7. The Morgan fingerprint density at radius 2 is 2.24 bits per heavy atom. The number of hydrogen-bond donors (Lipinski definition) is 1. The summed E-state index contributed by atoms with van der Waals surface area (Å²) in [4.78, 5) is 0. The van der Waals surface area contributed by atoms with Gasteiger partial charge in [0.2, 0.25) is 0 Å². The molecule has 112 valence electrons. The summed E-state index contributed by atoms with van der Waals surface area (Å²) >= 11 is 0. The molecule has 0 saturated carbocycles. The highest BCUT2D eigenvalue weighted by atomic mass is 16.5. The number of likely N-dealkylation sites (N-methyl/N-ethyl adjacent to an activating group) is 1. The standard InChI is InChI=1S/C18H23NO2/c1-19-18(15-8-9-21-12-15)10-14-5-3-4-13-6-7-16(20-2)11-17(13)14/h3-7,11,15,18-19H,8-10,12H2,1-2H3. The number of nitrogens with one attached hydrogen (secondary N) is 1. The van der Waals surface area contributed by atoms with Crippen LogP contribution < -0.4 is 10.1 Å². The molecule has 1 N–H and O–H groups in total. The van der Waals surface area contributed by atoms with E-state index in [-0.39, 0.29) is 0 Å². The minimum absolute atomic E-state index is 0.462. The van der Waals surface area contributed by atoms with Gasteiger partial charge in [-0.1, -0.05) is 24.3 Å². The van der Waals surface area contributed by atoms with Crippen molar-refractivity contribution in [3.63, 3.8) is 0 Å². The first-order valence-corrected chi connectivity index (χ1v) is 7.62. The lowest BCUT2D eigenvalue weighted by molar-refractivity contribution is 0.177. The predicted octanol–water partition coefficient (Wildman–Crippen LogP) is 3.02. The van der Waals surface area contributed by atoms with E-state index in [1.54, 1.807) is 7.11 Å². The van der Waals surface area contributed by atoms with Gasteiger partial charge in [-0.15, -0.1) is 0 Å². The van der Waals surface area contributed by atoms with Gasteiger partial charge in [-0.3, -0.25) is 0 Å². The number of methoxy groups -OCH3 is 1. The number of ether oxygens (including phenoxy) is 2. The Morgan fingerprint density at radius 3 is 2.95 bits per heavy atom. The molecule has 3 heteroatoms. The second kappa shape index (κ2) is 6.46. The molecule has 0 aromatic heterocycles. The van der Waals surface area contributed by atoms with Crippen LogP contribution in [0.3, 0.4) is 0 Å². The van der Waals surface area contributed by atoms with Gasteiger partial charge in [0.25, 0.3) is 0 Å². The fraction of sp³-hybridized carbons (Fsp3) is 0.444. The average molecular weight is 285 g/mol. The molecular formula is C18H23NO2. The maximum absolute atomic E-state index is 5.54. The largest absolute Gasteiger partial charge is 0.497 e. The van der Waals surface area contributed by atoms with E-state index in [0.29, 0.717) is 12.0 Å². The topological polar surface area (TPSA) is 30.5 Å². The maximum atomic E-state index is 5.54. The molecule has 1 fully saturated rings. The summed E-state index contributed by atoms with van der Waals surface area (Å²) in [6.07, 6.45) is 2.18. The van der Waals surface area contributed by atoms with Gasteiger partial charge in [-0.25, -0.2) is 0 Å². The minimum Gasteiger partial charge on any atom is -0.497 e. The molecule has 2 unspecified atom stereocenters. The fourth-order valence-corrected chi connectivity index (χ4v) is 3.23. The molecule has 2 atom stereocenters. The predicted molar refractivity (Wildman–Crippen MR) is 86.0 cm³/mol. The third kappa shape index (κ3) is 3.04. The van der Waals surface area contributed by atoms with Gasteiger partial charge in [0.05, 0.1) is 13.7 Å². The SMILES string of the molecule is CNC(Cc1cccc2ccc(OC)cc12)C1CCOC1. The highest BCUT2D eigenvalue weighted by Gasteiger charge is 2.25. The number of fused-ring (bicyclic) bond motifs is 1. The lowest BCUT2D eigenvalue weighted by atomic mass is 9.91. The van der Waals surface area contributed by atoms with Crippen molar-refractivity contribution < 1.29 is 9.47 Å². The molecule has 3 rings (SSSR count). The zero-order valence-electron chi connectivity index (χ0n) is 12.8. The normalized spacial score (nSPS) is 19.8. The van der Waals surface area contributed by atoms with Crippen LogP contribution in [0.25, 0.3) is 10.8 Å². The van der Waals surface area contributed by atoms with Gasteiger partial charge in [0.1, 0.15) is 5.75 Å². The summed E-state index contributed by atoms with van der Waals surface area (Å²) in [6, 6.07) is 13.3. The number of hydrogen-bond acceptors (Lipinski definition) is 3. The molecule has 1 saturated heterocycles. The second-order valence-corrected chi connectivity index (χ2v) is 5.73. The summed E-state index contributed by atoms with van der Waals surface area (Å²) < 4.78 is 10.9. The van der Waals surface area contributed by atoms with Crippen molar-refractivity contribution in [2.45, 2.75) is 18.9 Å². The van der Waals surface area contributed by atoms with Gasteiger partial charge in [-0.05, 0) is 48.4 Å². The van der Waals surface area contributed by atoms with E-state index in [1.165, 1.54) is 16.3 Å². The van der Waals surface area contributed by atoms with Gasteiger partial charge in [0.15, 0.2) is 0 Å². The van der Waals surface area contributed by atoms with E-state index in [2.05, 4.69) is 42.7 Å². The maximum Gasteiger partial charge on any atom is 0.119 e. The number of benzene rings is 2. The fourth-order valence-electron chi connectivity index (χ4n) is 3.23. The first kappa shape index (κ1) is 14.4. The Balaban J connectivity index is 1.91. The Kier molecular flexibility index (Phi) is 4.42. The molecule has 3 nitrogen and oxygen atoms in total. The van der Waals surface area contributed by atoms with Crippen LogP contribution in [0.15, 0.2) is 36.4 Å². The van der Waals surface area contributed by atoms with Gasteiger partial charge >= 0.3 is 0 Å². The first-order chi connectivity index (χ1) is 10.3. The third-order valence-corrected chi connectivity index (χ3v) is 4.52. The zero-order valence-corrected chi connectivity index (χ0v) is 12.8. The Morgan fingerprint density at radius 1 is 1.33 bits per heavy atom. The van der Waals surface area contributed by atoms with Crippen LogP contribution in [0, 0.1) is 5.92 Å². The van der Waals surface area contributed by atoms with Crippen LogP contribution in [0.4, 0.5) is 0 Å². The quantitative estimate of drug-likeness (QED) is 0.916. The van der Waals surface area contributed by atoms with Crippen LogP contribution in [-0.2, 0) is 11.2 Å². The molecule has 0 radical (unpaired) electrons. The molecule has 1 aliphatic heterocycles. The van der Waals surface area contributed by atoms with Crippen LogP contribution in [0.1, 0.15) is 12.0 Å². The summed E-state index contributed by atoms with van der Waals surface area (Å²) in [5.41, 5.74) is 1.37. The van der Waals surface area contributed by atoms with Crippen molar-refractivity contribution in [3.05, 3.63) is 42.0 Å².